The van der Waals surface area contributed by atoms with Crippen LogP contribution in [0.1, 0.15) is 67.2 Å². The highest BCUT2D eigenvalue weighted by Crippen LogP contribution is 2.20. The van der Waals surface area contributed by atoms with Crippen LogP contribution in [0.15, 0.2) is 37.5 Å². The molecule has 0 rings (SSSR count). The molecule has 0 saturated carbocycles. The average molecular weight is 252 g/mol. The Balaban J connectivity index is -0.000000389. The van der Waals surface area contributed by atoms with Crippen LogP contribution in [0.5, 0.6) is 0 Å². The molecular formula is C18H36. The molecule has 0 bridgehead atoms. The largest absolute Gasteiger partial charge is 0.106 e. The number of rotatable bonds is 6. The molecule has 0 N–H and O–H groups in total. The van der Waals surface area contributed by atoms with E-state index in [4.69, 9.17) is 0 Å². The number of allylic oxidation sites excluding steroid dienone is 3. The Morgan fingerprint density at radius 2 is 1.50 bits per heavy atom. The summed E-state index contributed by atoms with van der Waals surface area (Å²) in [5.74, 6) is 1.51. The molecule has 108 valence electrons. The van der Waals surface area contributed by atoms with Crippen molar-refractivity contribution in [3.05, 3.63) is 37.5 Å². The lowest BCUT2D eigenvalue weighted by Crippen LogP contribution is -2.00. The fourth-order valence-electron chi connectivity index (χ4n) is 1.30. The number of hydrogen-bond acceptors (Lipinski definition) is 0. The van der Waals surface area contributed by atoms with Crippen LogP contribution in [0, 0.1) is 11.8 Å². The van der Waals surface area contributed by atoms with Crippen LogP contribution < -0.4 is 0 Å². The molecular weight excluding hydrogens is 216 g/mol. The van der Waals surface area contributed by atoms with E-state index in [-0.39, 0.29) is 0 Å². The molecule has 0 aliphatic carbocycles. The lowest BCUT2D eigenvalue weighted by Gasteiger charge is -2.14. The van der Waals surface area contributed by atoms with Crippen molar-refractivity contribution in [2.24, 2.45) is 11.8 Å². The summed E-state index contributed by atoms with van der Waals surface area (Å²) in [5.41, 5.74) is 1.27. The maximum absolute atomic E-state index is 4.06. The van der Waals surface area contributed by atoms with E-state index in [1.54, 1.807) is 0 Å². The van der Waals surface area contributed by atoms with Gasteiger partial charge >= 0.3 is 0 Å². The van der Waals surface area contributed by atoms with Crippen LogP contribution in [0.2, 0.25) is 0 Å². The van der Waals surface area contributed by atoms with Crippen molar-refractivity contribution in [1.29, 1.82) is 0 Å². The molecule has 0 amide bonds. The van der Waals surface area contributed by atoms with Crippen LogP contribution >= 0.6 is 0 Å². The monoisotopic (exact) mass is 252 g/mol. The standard InChI is InChI=1S/C13H24.C3H8.C2H4/c1-6-8-12(4)13(5)10-9-11(3)7-2;1-3-2;1-2/h6,8,11,13H,4,7,9-10H2,1-3,5H3;3H2,1-2H3;1-2H2/b8-6-;;. The zero-order valence-corrected chi connectivity index (χ0v) is 13.8. The summed E-state index contributed by atoms with van der Waals surface area (Å²) in [7, 11) is 0. The number of hydrogen-bond donors (Lipinski definition) is 0. The summed E-state index contributed by atoms with van der Waals surface area (Å²) in [4.78, 5) is 0. The highest BCUT2D eigenvalue weighted by atomic mass is 14.1. The Hall–Kier alpha value is -0.780. The van der Waals surface area contributed by atoms with Gasteiger partial charge in [0.25, 0.3) is 0 Å². The first-order valence-corrected chi connectivity index (χ1v) is 7.34. The first-order chi connectivity index (χ1) is 8.53. The summed E-state index contributed by atoms with van der Waals surface area (Å²) in [6, 6.07) is 0. The van der Waals surface area contributed by atoms with Crippen molar-refractivity contribution in [2.75, 3.05) is 0 Å². The van der Waals surface area contributed by atoms with E-state index in [0.29, 0.717) is 5.92 Å². The second kappa shape index (κ2) is 18.6. The van der Waals surface area contributed by atoms with Gasteiger partial charge < -0.3 is 0 Å². The van der Waals surface area contributed by atoms with E-state index in [0.717, 1.165) is 5.92 Å². The third-order valence-corrected chi connectivity index (χ3v) is 2.80. The van der Waals surface area contributed by atoms with Gasteiger partial charge in [-0.15, -0.1) is 13.2 Å². The van der Waals surface area contributed by atoms with Gasteiger partial charge in [-0.25, -0.2) is 0 Å². The second-order valence-electron chi connectivity index (χ2n) is 4.77. The third-order valence-electron chi connectivity index (χ3n) is 2.80. The van der Waals surface area contributed by atoms with Crippen molar-refractivity contribution in [2.45, 2.75) is 67.2 Å². The van der Waals surface area contributed by atoms with Crippen molar-refractivity contribution < 1.29 is 0 Å². The lowest BCUT2D eigenvalue weighted by molar-refractivity contribution is 0.454. The normalized spacial score (nSPS) is 12.8. The Kier molecular flexibility index (Phi) is 23.1. The highest BCUT2D eigenvalue weighted by Gasteiger charge is 2.06. The van der Waals surface area contributed by atoms with Gasteiger partial charge in [0.2, 0.25) is 0 Å². The van der Waals surface area contributed by atoms with Gasteiger partial charge in [0.05, 0.1) is 0 Å². The quantitative estimate of drug-likeness (QED) is 0.360. The van der Waals surface area contributed by atoms with Crippen LogP contribution in [0.25, 0.3) is 0 Å². The van der Waals surface area contributed by atoms with Crippen molar-refractivity contribution in [3.8, 4) is 0 Å². The van der Waals surface area contributed by atoms with Crippen LogP contribution in [-0.4, -0.2) is 0 Å². The molecule has 0 nitrogen and oxygen atoms in total. The molecule has 0 heterocycles. The molecule has 0 radical (unpaired) electrons. The van der Waals surface area contributed by atoms with Crippen molar-refractivity contribution >= 4 is 0 Å². The van der Waals surface area contributed by atoms with Crippen LogP contribution in [0.3, 0.4) is 0 Å². The second-order valence-corrected chi connectivity index (χ2v) is 4.77. The van der Waals surface area contributed by atoms with Crippen molar-refractivity contribution in [3.63, 3.8) is 0 Å². The SMILES string of the molecule is C=C.C=C(/C=C\C)C(C)CCC(C)CC.CCC. The van der Waals surface area contributed by atoms with Gasteiger partial charge in [0, 0.05) is 0 Å². The third kappa shape index (κ3) is 17.6. The summed E-state index contributed by atoms with van der Waals surface area (Å²) in [6.07, 6.45) is 9.35. The molecule has 0 aliphatic rings. The topological polar surface area (TPSA) is 0 Å². The fraction of sp³-hybridized carbons (Fsp3) is 0.667. The molecule has 0 fully saturated rings. The molecule has 0 aliphatic heterocycles. The zero-order chi connectivity index (χ0) is 15.0. The molecule has 2 atom stereocenters. The molecule has 0 spiro atoms. The predicted molar refractivity (Wildman–Crippen MR) is 89.0 cm³/mol. The van der Waals surface area contributed by atoms with Crippen LogP contribution in [-0.2, 0) is 0 Å². The lowest BCUT2D eigenvalue weighted by atomic mass is 9.92. The maximum atomic E-state index is 4.06. The molecule has 18 heavy (non-hydrogen) atoms. The van der Waals surface area contributed by atoms with E-state index in [9.17, 15) is 0 Å². The van der Waals surface area contributed by atoms with E-state index in [1.165, 1.54) is 31.3 Å². The first kappa shape index (κ1) is 22.4. The Morgan fingerprint density at radius 3 is 1.83 bits per heavy atom. The fourth-order valence-corrected chi connectivity index (χ4v) is 1.30. The maximum Gasteiger partial charge on any atom is -0.0196 e. The Bertz CT molecular complexity index is 188. The van der Waals surface area contributed by atoms with Gasteiger partial charge in [-0.2, -0.15) is 0 Å². The summed E-state index contributed by atoms with van der Waals surface area (Å²) in [6.45, 7) is 23.2. The zero-order valence-electron chi connectivity index (χ0n) is 13.8. The van der Waals surface area contributed by atoms with Gasteiger partial charge in [-0.3, -0.25) is 0 Å². The van der Waals surface area contributed by atoms with E-state index in [1.807, 2.05) is 6.92 Å². The van der Waals surface area contributed by atoms with E-state index < -0.39 is 0 Å². The minimum atomic E-state index is 0.644. The van der Waals surface area contributed by atoms with Crippen molar-refractivity contribution in [1.82, 2.24) is 0 Å². The van der Waals surface area contributed by atoms with Gasteiger partial charge in [-0.05, 0) is 25.2 Å². The minimum absolute atomic E-state index is 0.644. The van der Waals surface area contributed by atoms with Gasteiger partial charge in [-0.1, -0.05) is 78.2 Å². The Morgan fingerprint density at radius 1 is 1.06 bits per heavy atom. The molecule has 0 aromatic carbocycles. The van der Waals surface area contributed by atoms with E-state index in [2.05, 4.69) is 66.5 Å². The highest BCUT2D eigenvalue weighted by molar-refractivity contribution is 5.16. The minimum Gasteiger partial charge on any atom is -0.106 e. The molecule has 0 aromatic heterocycles. The van der Waals surface area contributed by atoms with E-state index >= 15 is 0 Å². The van der Waals surface area contributed by atoms with Crippen LogP contribution in [0.4, 0.5) is 0 Å². The molecule has 0 aromatic rings. The predicted octanol–water partition coefficient (Wildman–Crippen LogP) is 6.80. The smallest absolute Gasteiger partial charge is 0.0196 e. The van der Waals surface area contributed by atoms with Gasteiger partial charge in [0.1, 0.15) is 0 Å². The average Bonchev–Trinajstić information content (AvgIpc) is 2.39. The molecule has 2 unspecified atom stereocenters. The summed E-state index contributed by atoms with van der Waals surface area (Å²) in [5, 5.41) is 0. The Labute approximate surface area is 117 Å². The molecule has 0 heteroatoms. The summed E-state index contributed by atoms with van der Waals surface area (Å²) >= 11 is 0. The molecule has 0 saturated heterocycles. The first-order valence-electron chi connectivity index (χ1n) is 7.34. The van der Waals surface area contributed by atoms with Gasteiger partial charge in [0.15, 0.2) is 0 Å². The summed E-state index contributed by atoms with van der Waals surface area (Å²) < 4.78 is 0.